The van der Waals surface area contributed by atoms with E-state index in [1.165, 1.54) is 19.1 Å². The molecular formula is C21H24N2O5S. The molecule has 2 N–H and O–H groups in total. The maximum Gasteiger partial charge on any atom is 0.341 e. The van der Waals surface area contributed by atoms with E-state index in [4.69, 9.17) is 4.74 Å². The maximum atomic E-state index is 12.9. The number of para-hydroxylation sites is 1. The van der Waals surface area contributed by atoms with Crippen molar-refractivity contribution in [2.45, 2.75) is 50.7 Å². The predicted octanol–water partition coefficient (Wildman–Crippen LogP) is 2.93. The number of carbonyl (C=O) groups is 2. The molecule has 1 saturated carbocycles. The van der Waals surface area contributed by atoms with Gasteiger partial charge in [0, 0.05) is 6.04 Å². The van der Waals surface area contributed by atoms with Crippen LogP contribution in [0.25, 0.3) is 0 Å². The van der Waals surface area contributed by atoms with Crippen molar-refractivity contribution in [2.24, 2.45) is 0 Å². The van der Waals surface area contributed by atoms with Gasteiger partial charge in [-0.25, -0.2) is 13.2 Å². The zero-order valence-corrected chi connectivity index (χ0v) is 17.4. The number of rotatable bonds is 7. The molecule has 1 atom stereocenters. The lowest BCUT2D eigenvalue weighted by atomic mass is 10.2. The summed E-state index contributed by atoms with van der Waals surface area (Å²) in [5.41, 5.74) is 1.52. The highest BCUT2D eigenvalue weighted by molar-refractivity contribution is 7.92. The van der Waals surface area contributed by atoms with Crippen molar-refractivity contribution >= 4 is 27.6 Å². The Bertz CT molecular complexity index is 1040. The zero-order chi connectivity index (χ0) is 21.2. The van der Waals surface area contributed by atoms with Crippen molar-refractivity contribution in [3.05, 3.63) is 59.2 Å². The number of ether oxygens (including phenoxy) is 1. The smallest absolute Gasteiger partial charge is 0.341 e. The predicted molar refractivity (Wildman–Crippen MR) is 109 cm³/mol. The van der Waals surface area contributed by atoms with E-state index in [0.29, 0.717) is 5.56 Å². The molecule has 0 aliphatic heterocycles. The first kappa shape index (κ1) is 20.9. The van der Waals surface area contributed by atoms with Crippen molar-refractivity contribution in [1.82, 2.24) is 5.32 Å². The monoisotopic (exact) mass is 416 g/mol. The normalized spacial score (nSPS) is 14.7. The van der Waals surface area contributed by atoms with E-state index in [1.54, 1.807) is 38.1 Å². The molecule has 3 rings (SSSR count). The number of carbonyl (C=O) groups excluding carboxylic acids is 2. The summed E-state index contributed by atoms with van der Waals surface area (Å²) in [7, 11) is -3.91. The van der Waals surface area contributed by atoms with Crippen LogP contribution in [-0.2, 0) is 19.6 Å². The molecule has 0 aromatic heterocycles. The van der Waals surface area contributed by atoms with Gasteiger partial charge in [0.05, 0.1) is 16.1 Å². The fourth-order valence-corrected chi connectivity index (χ4v) is 4.18. The average molecular weight is 416 g/mol. The molecule has 1 aliphatic carbocycles. The molecule has 1 fully saturated rings. The quantitative estimate of drug-likeness (QED) is 0.676. The summed E-state index contributed by atoms with van der Waals surface area (Å²) in [5.74, 6) is -1.14. The van der Waals surface area contributed by atoms with Crippen LogP contribution in [0, 0.1) is 13.8 Å². The Morgan fingerprint density at radius 3 is 2.48 bits per heavy atom. The van der Waals surface area contributed by atoms with Crippen molar-refractivity contribution in [3.8, 4) is 0 Å². The molecule has 0 bridgehead atoms. The van der Waals surface area contributed by atoms with Gasteiger partial charge in [-0.1, -0.05) is 24.3 Å². The molecule has 0 radical (unpaired) electrons. The number of hydrogen-bond donors (Lipinski definition) is 2. The molecule has 1 amide bonds. The Balaban J connectivity index is 1.80. The Morgan fingerprint density at radius 1 is 1.10 bits per heavy atom. The number of sulfonamides is 1. The van der Waals surface area contributed by atoms with Gasteiger partial charge in [0.1, 0.15) is 0 Å². The van der Waals surface area contributed by atoms with Crippen LogP contribution >= 0.6 is 0 Å². The summed E-state index contributed by atoms with van der Waals surface area (Å²) in [6, 6.07) is 11.4. The van der Waals surface area contributed by atoms with Crippen LogP contribution in [0.3, 0.4) is 0 Å². The zero-order valence-electron chi connectivity index (χ0n) is 16.6. The Morgan fingerprint density at radius 2 is 1.79 bits per heavy atom. The minimum Gasteiger partial charge on any atom is -0.449 e. The minimum atomic E-state index is -3.91. The molecule has 8 heteroatoms. The SMILES string of the molecule is Cc1ccc(C)c(S(=O)(=O)Nc2ccccc2C(=O)OC(C)C(=O)NC2CC2)c1. The number of hydrogen-bond acceptors (Lipinski definition) is 5. The Hall–Kier alpha value is -2.87. The lowest BCUT2D eigenvalue weighted by Crippen LogP contribution is -2.37. The van der Waals surface area contributed by atoms with E-state index in [0.717, 1.165) is 18.4 Å². The third-order valence-corrected chi connectivity index (χ3v) is 6.11. The Kier molecular flexibility index (Phi) is 5.93. The fourth-order valence-electron chi connectivity index (χ4n) is 2.77. The first-order valence-electron chi connectivity index (χ1n) is 9.38. The van der Waals surface area contributed by atoms with Gasteiger partial charge in [-0.05, 0) is 62.9 Å². The Labute approximate surface area is 170 Å². The second-order valence-corrected chi connectivity index (χ2v) is 8.90. The molecule has 2 aromatic rings. The molecule has 0 saturated heterocycles. The van der Waals surface area contributed by atoms with E-state index in [1.807, 2.05) is 6.07 Å². The molecule has 1 aliphatic rings. The summed E-state index contributed by atoms with van der Waals surface area (Å²) in [6.07, 6.45) is 0.872. The maximum absolute atomic E-state index is 12.9. The van der Waals surface area contributed by atoms with Crippen molar-refractivity contribution in [1.29, 1.82) is 0 Å². The lowest BCUT2D eigenvalue weighted by Gasteiger charge is -2.16. The lowest BCUT2D eigenvalue weighted by molar-refractivity contribution is -0.129. The summed E-state index contributed by atoms with van der Waals surface area (Å²) < 4.78 is 33.5. The first-order valence-corrected chi connectivity index (χ1v) is 10.9. The summed E-state index contributed by atoms with van der Waals surface area (Å²) in [4.78, 5) is 24.8. The topological polar surface area (TPSA) is 102 Å². The second-order valence-electron chi connectivity index (χ2n) is 7.25. The minimum absolute atomic E-state index is 0.0347. The van der Waals surface area contributed by atoms with Gasteiger partial charge in [0.15, 0.2) is 6.10 Å². The summed E-state index contributed by atoms with van der Waals surface area (Å²) in [6.45, 7) is 4.99. The molecule has 2 aromatic carbocycles. The first-order chi connectivity index (χ1) is 13.7. The number of benzene rings is 2. The average Bonchev–Trinajstić information content (AvgIpc) is 3.47. The number of esters is 1. The highest BCUT2D eigenvalue weighted by Gasteiger charge is 2.28. The van der Waals surface area contributed by atoms with Crippen LogP contribution < -0.4 is 10.0 Å². The van der Waals surface area contributed by atoms with Gasteiger partial charge >= 0.3 is 5.97 Å². The highest BCUT2D eigenvalue weighted by Crippen LogP contribution is 2.24. The van der Waals surface area contributed by atoms with Gasteiger partial charge in [0.2, 0.25) is 0 Å². The largest absolute Gasteiger partial charge is 0.449 e. The molecule has 154 valence electrons. The van der Waals surface area contributed by atoms with Crippen molar-refractivity contribution < 1.29 is 22.7 Å². The molecule has 1 unspecified atom stereocenters. The van der Waals surface area contributed by atoms with Crippen LogP contribution in [0.15, 0.2) is 47.4 Å². The van der Waals surface area contributed by atoms with Crippen LogP contribution in [0.2, 0.25) is 0 Å². The van der Waals surface area contributed by atoms with Crippen LogP contribution in [0.1, 0.15) is 41.3 Å². The van der Waals surface area contributed by atoms with Gasteiger partial charge in [0.25, 0.3) is 15.9 Å². The third-order valence-electron chi connectivity index (χ3n) is 4.60. The third kappa shape index (κ3) is 5.14. The molecule has 29 heavy (non-hydrogen) atoms. The molecule has 7 nitrogen and oxygen atoms in total. The van der Waals surface area contributed by atoms with Gasteiger partial charge in [-0.3, -0.25) is 9.52 Å². The van der Waals surface area contributed by atoms with E-state index in [2.05, 4.69) is 10.0 Å². The summed E-state index contributed by atoms with van der Waals surface area (Å²) in [5, 5.41) is 2.77. The van der Waals surface area contributed by atoms with Crippen LogP contribution in [0.4, 0.5) is 5.69 Å². The molecular weight excluding hydrogens is 392 g/mol. The number of nitrogens with one attached hydrogen (secondary N) is 2. The van der Waals surface area contributed by atoms with E-state index in [-0.39, 0.29) is 28.1 Å². The van der Waals surface area contributed by atoms with Crippen molar-refractivity contribution in [2.75, 3.05) is 4.72 Å². The van der Waals surface area contributed by atoms with Gasteiger partial charge in [-0.15, -0.1) is 0 Å². The summed E-state index contributed by atoms with van der Waals surface area (Å²) >= 11 is 0. The van der Waals surface area contributed by atoms with E-state index >= 15 is 0 Å². The molecule has 0 spiro atoms. The number of anilines is 1. The van der Waals surface area contributed by atoms with Gasteiger partial charge < -0.3 is 10.1 Å². The van der Waals surface area contributed by atoms with E-state index < -0.39 is 22.1 Å². The van der Waals surface area contributed by atoms with Gasteiger partial charge in [-0.2, -0.15) is 0 Å². The van der Waals surface area contributed by atoms with E-state index in [9.17, 15) is 18.0 Å². The van der Waals surface area contributed by atoms with Crippen LogP contribution in [-0.4, -0.2) is 32.4 Å². The van der Waals surface area contributed by atoms with Crippen LogP contribution in [0.5, 0.6) is 0 Å². The standard InChI is InChI=1S/C21H24N2O5S/c1-13-8-9-14(2)19(12-13)29(26,27)23-18-7-5-4-6-17(18)21(25)28-15(3)20(24)22-16-10-11-16/h4-9,12,15-16,23H,10-11H2,1-3H3,(H,22,24). The number of aryl methyl sites for hydroxylation is 2. The molecule has 0 heterocycles. The second kappa shape index (κ2) is 8.24. The fraction of sp³-hybridized carbons (Fsp3) is 0.333. The van der Waals surface area contributed by atoms with Crippen molar-refractivity contribution in [3.63, 3.8) is 0 Å². The highest BCUT2D eigenvalue weighted by atomic mass is 32.2. The number of amides is 1.